The Balaban J connectivity index is 1.60. The Morgan fingerprint density at radius 2 is 2.04 bits per heavy atom. The van der Waals surface area contributed by atoms with Gasteiger partial charge in [0.2, 0.25) is 0 Å². The number of benzene rings is 1. The number of hydrogen-bond acceptors (Lipinski definition) is 5. The van der Waals surface area contributed by atoms with Gasteiger partial charge >= 0.3 is 0 Å². The number of nitriles is 1. The van der Waals surface area contributed by atoms with Crippen LogP contribution in [0.25, 0.3) is 0 Å². The van der Waals surface area contributed by atoms with Crippen LogP contribution in [0.4, 0.5) is 11.5 Å². The lowest BCUT2D eigenvalue weighted by Crippen LogP contribution is -2.30. The van der Waals surface area contributed by atoms with E-state index in [-0.39, 0.29) is 5.91 Å². The third-order valence-corrected chi connectivity index (χ3v) is 4.13. The van der Waals surface area contributed by atoms with Crippen molar-refractivity contribution in [1.29, 1.82) is 5.26 Å². The van der Waals surface area contributed by atoms with Gasteiger partial charge in [0.1, 0.15) is 17.6 Å². The molecule has 3 rings (SSSR count). The van der Waals surface area contributed by atoms with Gasteiger partial charge < -0.3 is 15.0 Å². The Hall–Kier alpha value is -3.07. The number of amides is 1. The van der Waals surface area contributed by atoms with Crippen LogP contribution < -0.4 is 15.0 Å². The molecule has 1 aliphatic rings. The van der Waals surface area contributed by atoms with Crippen molar-refractivity contribution in [2.75, 3.05) is 23.3 Å². The molecular weight excluding hydrogens is 316 g/mol. The zero-order valence-electron chi connectivity index (χ0n) is 14.1. The van der Waals surface area contributed by atoms with Crippen molar-refractivity contribution in [3.05, 3.63) is 48.2 Å². The maximum absolute atomic E-state index is 12.3. The number of ether oxygens (including phenoxy) is 1. The van der Waals surface area contributed by atoms with Crippen LogP contribution in [-0.2, 0) is 4.79 Å². The van der Waals surface area contributed by atoms with Gasteiger partial charge in [-0.05, 0) is 44.0 Å². The molecule has 25 heavy (non-hydrogen) atoms. The van der Waals surface area contributed by atoms with E-state index in [1.165, 1.54) is 12.8 Å². The maximum atomic E-state index is 12.3. The molecule has 2 aromatic rings. The van der Waals surface area contributed by atoms with E-state index < -0.39 is 6.10 Å². The summed E-state index contributed by atoms with van der Waals surface area (Å²) in [6, 6.07) is 12.7. The van der Waals surface area contributed by atoms with Gasteiger partial charge in [0.05, 0.1) is 17.4 Å². The highest BCUT2D eigenvalue weighted by Gasteiger charge is 2.17. The van der Waals surface area contributed by atoms with E-state index in [0.29, 0.717) is 17.0 Å². The first-order chi connectivity index (χ1) is 12.2. The van der Waals surface area contributed by atoms with Crippen LogP contribution >= 0.6 is 0 Å². The van der Waals surface area contributed by atoms with Crippen LogP contribution in [-0.4, -0.2) is 30.1 Å². The normalized spacial score (nSPS) is 14.6. The molecule has 1 aliphatic heterocycles. The van der Waals surface area contributed by atoms with Gasteiger partial charge in [-0.3, -0.25) is 4.79 Å². The van der Waals surface area contributed by atoms with Crippen molar-refractivity contribution < 1.29 is 9.53 Å². The number of hydrogen-bond donors (Lipinski definition) is 1. The summed E-state index contributed by atoms with van der Waals surface area (Å²) in [6.07, 6.45) is 3.31. The molecule has 1 atom stereocenters. The smallest absolute Gasteiger partial charge is 0.265 e. The predicted octanol–water partition coefficient (Wildman–Crippen LogP) is 2.96. The summed E-state index contributed by atoms with van der Waals surface area (Å²) in [5, 5.41) is 11.9. The van der Waals surface area contributed by atoms with E-state index in [0.717, 1.165) is 18.9 Å². The van der Waals surface area contributed by atoms with Gasteiger partial charge in [-0.15, -0.1) is 0 Å². The second-order valence-corrected chi connectivity index (χ2v) is 5.96. The van der Waals surface area contributed by atoms with E-state index in [1.807, 2.05) is 12.1 Å². The van der Waals surface area contributed by atoms with Gasteiger partial charge in [-0.1, -0.05) is 12.1 Å². The first-order valence-electron chi connectivity index (χ1n) is 8.35. The van der Waals surface area contributed by atoms with Crippen molar-refractivity contribution in [3.63, 3.8) is 0 Å². The standard InChI is InChI=1S/C19H20N4O2/c1-14(25-17-7-3-2-6-15(17)12-20)19(24)22-16-8-9-18(21-13-16)23-10-4-5-11-23/h2-3,6-9,13-14H,4-5,10-11H2,1H3,(H,22,24)/t14-/m1/s1. The van der Waals surface area contributed by atoms with Crippen LogP contribution in [0.3, 0.4) is 0 Å². The van der Waals surface area contributed by atoms with Crippen molar-refractivity contribution in [2.24, 2.45) is 0 Å². The fourth-order valence-electron chi connectivity index (χ4n) is 2.74. The Bertz CT molecular complexity index is 777. The molecule has 0 aliphatic carbocycles. The number of nitrogens with one attached hydrogen (secondary N) is 1. The average Bonchev–Trinajstić information content (AvgIpc) is 3.17. The van der Waals surface area contributed by atoms with Crippen LogP contribution in [0, 0.1) is 11.3 Å². The van der Waals surface area contributed by atoms with Crippen LogP contribution in [0.5, 0.6) is 5.75 Å². The molecule has 0 saturated carbocycles. The molecule has 0 unspecified atom stereocenters. The third-order valence-electron chi connectivity index (χ3n) is 4.13. The van der Waals surface area contributed by atoms with Crippen molar-refractivity contribution in [3.8, 4) is 11.8 Å². The van der Waals surface area contributed by atoms with E-state index in [4.69, 9.17) is 10.00 Å². The minimum atomic E-state index is -0.729. The Morgan fingerprint density at radius 1 is 1.28 bits per heavy atom. The minimum absolute atomic E-state index is 0.288. The fourth-order valence-corrected chi connectivity index (χ4v) is 2.74. The number of nitrogens with zero attached hydrogens (tertiary/aromatic N) is 3. The van der Waals surface area contributed by atoms with E-state index in [9.17, 15) is 4.79 Å². The molecular formula is C19H20N4O2. The predicted molar refractivity (Wildman–Crippen MR) is 95.6 cm³/mol. The van der Waals surface area contributed by atoms with Crippen molar-refractivity contribution >= 4 is 17.4 Å². The molecule has 1 amide bonds. The minimum Gasteiger partial charge on any atom is -0.480 e. The third kappa shape index (κ3) is 4.07. The molecule has 128 valence electrons. The Kier molecular flexibility index (Phi) is 5.14. The Labute approximate surface area is 147 Å². The van der Waals surface area contributed by atoms with Crippen molar-refractivity contribution in [1.82, 2.24) is 4.98 Å². The molecule has 0 radical (unpaired) electrons. The first-order valence-corrected chi connectivity index (χ1v) is 8.35. The number of aromatic nitrogens is 1. The van der Waals surface area contributed by atoms with Crippen LogP contribution in [0.15, 0.2) is 42.6 Å². The molecule has 1 aromatic heterocycles. The monoisotopic (exact) mass is 336 g/mol. The molecule has 1 fully saturated rings. The van der Waals surface area contributed by atoms with Gasteiger partial charge in [-0.2, -0.15) is 5.26 Å². The highest BCUT2D eigenvalue weighted by molar-refractivity contribution is 5.94. The molecule has 6 heteroatoms. The van der Waals surface area contributed by atoms with Gasteiger partial charge in [-0.25, -0.2) is 4.98 Å². The number of para-hydroxylation sites is 1. The van der Waals surface area contributed by atoms with E-state index in [2.05, 4.69) is 21.3 Å². The van der Waals surface area contributed by atoms with Crippen LogP contribution in [0.2, 0.25) is 0 Å². The summed E-state index contributed by atoms with van der Waals surface area (Å²) in [7, 11) is 0. The molecule has 1 saturated heterocycles. The average molecular weight is 336 g/mol. The second-order valence-electron chi connectivity index (χ2n) is 5.96. The number of carbonyl (C=O) groups excluding carboxylic acids is 1. The molecule has 6 nitrogen and oxygen atoms in total. The maximum Gasteiger partial charge on any atom is 0.265 e. The van der Waals surface area contributed by atoms with E-state index >= 15 is 0 Å². The Morgan fingerprint density at radius 3 is 2.72 bits per heavy atom. The molecule has 0 bridgehead atoms. The number of anilines is 2. The highest BCUT2D eigenvalue weighted by Crippen LogP contribution is 2.20. The van der Waals surface area contributed by atoms with Crippen LogP contribution in [0.1, 0.15) is 25.3 Å². The number of pyridine rings is 1. The molecule has 0 spiro atoms. The van der Waals surface area contributed by atoms with E-state index in [1.54, 1.807) is 37.4 Å². The van der Waals surface area contributed by atoms with Gasteiger partial charge in [0, 0.05) is 13.1 Å². The zero-order chi connectivity index (χ0) is 17.6. The summed E-state index contributed by atoms with van der Waals surface area (Å²) in [6.45, 7) is 3.71. The first kappa shape index (κ1) is 16.8. The lowest BCUT2D eigenvalue weighted by atomic mass is 10.2. The van der Waals surface area contributed by atoms with Gasteiger partial charge in [0.25, 0.3) is 5.91 Å². The second kappa shape index (κ2) is 7.67. The molecule has 1 N–H and O–H groups in total. The lowest BCUT2D eigenvalue weighted by molar-refractivity contribution is -0.122. The highest BCUT2D eigenvalue weighted by atomic mass is 16.5. The molecule has 1 aromatic carbocycles. The number of carbonyl (C=O) groups is 1. The molecule has 2 heterocycles. The lowest BCUT2D eigenvalue weighted by Gasteiger charge is -2.17. The SMILES string of the molecule is C[C@@H](Oc1ccccc1C#N)C(=O)Nc1ccc(N2CCCC2)nc1. The quantitative estimate of drug-likeness (QED) is 0.908. The summed E-state index contributed by atoms with van der Waals surface area (Å²) >= 11 is 0. The fraction of sp³-hybridized carbons (Fsp3) is 0.316. The summed E-state index contributed by atoms with van der Waals surface area (Å²) < 4.78 is 5.61. The summed E-state index contributed by atoms with van der Waals surface area (Å²) in [5.41, 5.74) is 1.02. The topological polar surface area (TPSA) is 78.2 Å². The van der Waals surface area contributed by atoms with Gasteiger partial charge in [0.15, 0.2) is 6.10 Å². The number of rotatable bonds is 5. The summed E-state index contributed by atoms with van der Waals surface area (Å²) in [5.74, 6) is 1.04. The summed E-state index contributed by atoms with van der Waals surface area (Å²) in [4.78, 5) is 18.9. The largest absolute Gasteiger partial charge is 0.480 e. The van der Waals surface area contributed by atoms with Crippen molar-refractivity contribution in [2.45, 2.75) is 25.9 Å². The zero-order valence-corrected chi connectivity index (χ0v) is 14.1.